The Balaban J connectivity index is 2.13. The number of fused-ring (bicyclic) bond motifs is 1. The number of hydrogen-bond donors (Lipinski definition) is 2. The lowest BCUT2D eigenvalue weighted by molar-refractivity contribution is 0.604. The molecule has 0 atom stereocenters. The van der Waals surface area contributed by atoms with Crippen molar-refractivity contribution in [3.63, 3.8) is 0 Å². The number of nitrogens with one attached hydrogen (secondary N) is 1. The van der Waals surface area contributed by atoms with Crippen molar-refractivity contribution in [2.45, 2.75) is 19.5 Å². The standard InChI is InChI=1S/C11H13ClN4S/c12-9-3-2-8(17-9)10-7(6-13)16-5-1-4-14-11(16)15-10/h2-3H,1,4-6,13H2,(H,14,15). The van der Waals surface area contributed by atoms with Crippen LogP contribution in [0.25, 0.3) is 10.6 Å². The first-order valence-electron chi connectivity index (χ1n) is 5.58. The summed E-state index contributed by atoms with van der Waals surface area (Å²) in [6.45, 7) is 2.46. The third-order valence-electron chi connectivity index (χ3n) is 2.91. The number of thiophene rings is 1. The second kappa shape index (κ2) is 4.33. The molecule has 6 heteroatoms. The average Bonchev–Trinajstić information content (AvgIpc) is 2.91. The van der Waals surface area contributed by atoms with Gasteiger partial charge in [0.05, 0.1) is 14.9 Å². The van der Waals surface area contributed by atoms with E-state index in [1.165, 1.54) is 0 Å². The maximum absolute atomic E-state index is 5.97. The Morgan fingerprint density at radius 3 is 3.12 bits per heavy atom. The molecule has 0 amide bonds. The number of halogens is 1. The van der Waals surface area contributed by atoms with Gasteiger partial charge >= 0.3 is 0 Å². The number of rotatable bonds is 2. The van der Waals surface area contributed by atoms with Gasteiger partial charge in [-0.15, -0.1) is 11.3 Å². The van der Waals surface area contributed by atoms with E-state index in [0.717, 1.165) is 46.1 Å². The summed E-state index contributed by atoms with van der Waals surface area (Å²) < 4.78 is 2.95. The molecule has 3 heterocycles. The molecule has 0 aliphatic carbocycles. The molecule has 90 valence electrons. The third-order valence-corrected chi connectivity index (χ3v) is 4.15. The summed E-state index contributed by atoms with van der Waals surface area (Å²) in [5, 5.41) is 3.30. The van der Waals surface area contributed by atoms with Gasteiger partial charge in [0.15, 0.2) is 0 Å². The van der Waals surface area contributed by atoms with Crippen LogP contribution in [0.3, 0.4) is 0 Å². The maximum atomic E-state index is 5.97. The van der Waals surface area contributed by atoms with Crippen molar-refractivity contribution >= 4 is 28.9 Å². The van der Waals surface area contributed by atoms with Crippen molar-refractivity contribution in [3.05, 3.63) is 22.2 Å². The molecule has 2 aromatic heterocycles. The van der Waals surface area contributed by atoms with Gasteiger partial charge in [-0.3, -0.25) is 0 Å². The van der Waals surface area contributed by atoms with Crippen LogP contribution < -0.4 is 11.1 Å². The molecule has 0 aromatic carbocycles. The Hall–Kier alpha value is -1.04. The van der Waals surface area contributed by atoms with E-state index >= 15 is 0 Å². The van der Waals surface area contributed by atoms with Crippen LogP contribution in [-0.4, -0.2) is 16.1 Å². The molecule has 0 radical (unpaired) electrons. The molecular weight excluding hydrogens is 256 g/mol. The first kappa shape index (κ1) is 11.1. The molecule has 17 heavy (non-hydrogen) atoms. The van der Waals surface area contributed by atoms with Crippen molar-refractivity contribution < 1.29 is 0 Å². The van der Waals surface area contributed by atoms with Gasteiger partial charge in [0.1, 0.15) is 5.69 Å². The summed E-state index contributed by atoms with van der Waals surface area (Å²) in [7, 11) is 0. The SMILES string of the molecule is NCc1c(-c2ccc(Cl)s2)nc2n1CCCN2. The fourth-order valence-electron chi connectivity index (χ4n) is 2.15. The van der Waals surface area contributed by atoms with Crippen LogP contribution in [0, 0.1) is 0 Å². The summed E-state index contributed by atoms with van der Waals surface area (Å²) >= 11 is 7.51. The summed E-state index contributed by atoms with van der Waals surface area (Å²) in [4.78, 5) is 5.71. The molecule has 0 unspecified atom stereocenters. The lowest BCUT2D eigenvalue weighted by Crippen LogP contribution is -2.19. The van der Waals surface area contributed by atoms with Crippen LogP contribution in [0.5, 0.6) is 0 Å². The molecular formula is C11H13ClN4S. The molecule has 0 bridgehead atoms. The predicted molar refractivity (Wildman–Crippen MR) is 71.5 cm³/mol. The summed E-state index contributed by atoms with van der Waals surface area (Å²) in [6.07, 6.45) is 1.11. The van der Waals surface area contributed by atoms with Crippen LogP contribution >= 0.6 is 22.9 Å². The average molecular weight is 269 g/mol. The van der Waals surface area contributed by atoms with Gasteiger partial charge in [-0.1, -0.05) is 11.6 Å². The molecule has 1 aliphatic rings. The smallest absolute Gasteiger partial charge is 0.203 e. The molecule has 0 spiro atoms. The highest BCUT2D eigenvalue weighted by Crippen LogP contribution is 2.34. The second-order valence-corrected chi connectivity index (χ2v) is 5.69. The van der Waals surface area contributed by atoms with Gasteiger partial charge in [-0.2, -0.15) is 0 Å². The number of hydrogen-bond acceptors (Lipinski definition) is 4. The normalized spacial score (nSPS) is 14.5. The fourth-order valence-corrected chi connectivity index (χ4v) is 3.20. The Morgan fingerprint density at radius 1 is 1.53 bits per heavy atom. The van der Waals surface area contributed by atoms with Gasteiger partial charge in [0.25, 0.3) is 0 Å². The first-order valence-corrected chi connectivity index (χ1v) is 6.78. The minimum absolute atomic E-state index is 0.500. The van der Waals surface area contributed by atoms with E-state index in [0.29, 0.717) is 6.54 Å². The van der Waals surface area contributed by atoms with Crippen LogP contribution in [0.15, 0.2) is 12.1 Å². The van der Waals surface area contributed by atoms with E-state index in [4.69, 9.17) is 17.3 Å². The summed E-state index contributed by atoms with van der Waals surface area (Å²) in [6, 6.07) is 3.90. The highest BCUT2D eigenvalue weighted by atomic mass is 35.5. The fraction of sp³-hybridized carbons (Fsp3) is 0.364. The lowest BCUT2D eigenvalue weighted by atomic mass is 10.2. The molecule has 0 saturated carbocycles. The number of nitrogens with two attached hydrogens (primary N) is 1. The van der Waals surface area contributed by atoms with Crippen LogP contribution in [0.2, 0.25) is 4.34 Å². The van der Waals surface area contributed by atoms with Crippen molar-refractivity contribution in [2.24, 2.45) is 5.73 Å². The highest BCUT2D eigenvalue weighted by molar-refractivity contribution is 7.19. The zero-order valence-electron chi connectivity index (χ0n) is 9.24. The Bertz CT molecular complexity index is 546. The number of aromatic nitrogens is 2. The monoisotopic (exact) mass is 268 g/mol. The van der Waals surface area contributed by atoms with Crippen molar-refractivity contribution in [2.75, 3.05) is 11.9 Å². The van der Waals surface area contributed by atoms with Gasteiger partial charge in [-0.25, -0.2) is 4.98 Å². The summed E-state index contributed by atoms with van der Waals surface area (Å²) in [5.41, 5.74) is 7.90. The molecule has 4 nitrogen and oxygen atoms in total. The van der Waals surface area contributed by atoms with E-state index in [1.54, 1.807) is 11.3 Å². The molecule has 0 fully saturated rings. The zero-order valence-corrected chi connectivity index (χ0v) is 10.8. The first-order chi connectivity index (χ1) is 8.29. The molecule has 1 aliphatic heterocycles. The predicted octanol–water partition coefficient (Wildman–Crippen LogP) is 2.54. The van der Waals surface area contributed by atoms with Gasteiger partial charge in [0, 0.05) is 19.6 Å². The van der Waals surface area contributed by atoms with Gasteiger partial charge in [0.2, 0.25) is 5.95 Å². The minimum Gasteiger partial charge on any atom is -0.356 e. The van der Waals surface area contributed by atoms with E-state index in [9.17, 15) is 0 Å². The number of imidazole rings is 1. The van der Waals surface area contributed by atoms with E-state index in [-0.39, 0.29) is 0 Å². The van der Waals surface area contributed by atoms with Crippen LogP contribution in [0.1, 0.15) is 12.1 Å². The third kappa shape index (κ3) is 1.84. The largest absolute Gasteiger partial charge is 0.356 e. The van der Waals surface area contributed by atoms with Crippen LogP contribution in [0.4, 0.5) is 5.95 Å². The van der Waals surface area contributed by atoms with Gasteiger partial charge in [-0.05, 0) is 18.6 Å². The second-order valence-electron chi connectivity index (χ2n) is 3.97. The van der Waals surface area contributed by atoms with Crippen molar-refractivity contribution in [1.29, 1.82) is 0 Å². The van der Waals surface area contributed by atoms with Crippen LogP contribution in [-0.2, 0) is 13.1 Å². The van der Waals surface area contributed by atoms with Gasteiger partial charge < -0.3 is 15.6 Å². The minimum atomic E-state index is 0.500. The van der Waals surface area contributed by atoms with E-state index in [1.807, 2.05) is 12.1 Å². The maximum Gasteiger partial charge on any atom is 0.203 e. The Labute approximate surface area is 108 Å². The Morgan fingerprint density at radius 2 is 2.41 bits per heavy atom. The van der Waals surface area contributed by atoms with Crippen molar-refractivity contribution in [1.82, 2.24) is 9.55 Å². The molecule has 3 rings (SSSR count). The molecule has 2 aromatic rings. The topological polar surface area (TPSA) is 55.9 Å². The molecule has 0 saturated heterocycles. The quantitative estimate of drug-likeness (QED) is 0.880. The van der Waals surface area contributed by atoms with Crippen molar-refractivity contribution in [3.8, 4) is 10.6 Å². The number of nitrogens with zero attached hydrogens (tertiary/aromatic N) is 2. The zero-order chi connectivity index (χ0) is 11.8. The summed E-state index contributed by atoms with van der Waals surface area (Å²) in [5.74, 6) is 0.927. The Kier molecular flexibility index (Phi) is 2.82. The van der Waals surface area contributed by atoms with E-state index < -0.39 is 0 Å². The molecule has 3 N–H and O–H groups in total. The van der Waals surface area contributed by atoms with E-state index in [2.05, 4.69) is 14.9 Å². The lowest BCUT2D eigenvalue weighted by Gasteiger charge is -2.17. The number of anilines is 1. The highest BCUT2D eigenvalue weighted by Gasteiger charge is 2.20.